The van der Waals surface area contributed by atoms with Crippen molar-refractivity contribution < 1.29 is 32.8 Å². The number of carbonyl (C=O) groups excluding carboxylic acids is 1. The summed E-state index contributed by atoms with van der Waals surface area (Å²) in [6, 6.07) is 5.13. The van der Waals surface area contributed by atoms with E-state index in [1.165, 1.54) is 30.3 Å². The van der Waals surface area contributed by atoms with Crippen LogP contribution in [0.1, 0.15) is 10.7 Å². The molecule has 1 amide bonds. The lowest BCUT2D eigenvalue weighted by molar-refractivity contribution is -0.384. The fourth-order valence-corrected chi connectivity index (χ4v) is 4.86. The Kier molecular flexibility index (Phi) is 5.67. The van der Waals surface area contributed by atoms with E-state index in [4.69, 9.17) is 17.3 Å². The van der Waals surface area contributed by atoms with Crippen molar-refractivity contribution in [1.29, 1.82) is 0 Å². The molecular weight excluding hydrogens is 507 g/mol. The van der Waals surface area contributed by atoms with Crippen LogP contribution in [0.4, 0.5) is 18.9 Å². The molecular formula is C17H8F3N5O5S3. The van der Waals surface area contributed by atoms with Gasteiger partial charge in [0.25, 0.3) is 11.6 Å². The highest BCUT2D eigenvalue weighted by atomic mass is 32.2. The van der Waals surface area contributed by atoms with Crippen LogP contribution in [0.5, 0.6) is 0 Å². The fourth-order valence-electron chi connectivity index (χ4n) is 2.86. The number of imidazole rings is 1. The number of thioether (sulfide) groups is 1. The Balaban J connectivity index is 1.86. The Hall–Kier alpha value is -3.37. The molecule has 0 radical (unpaired) electrons. The second-order valence-corrected chi connectivity index (χ2v) is 9.04. The molecule has 170 valence electrons. The number of hydrogen-bond donors (Lipinski definition) is 1. The van der Waals surface area contributed by atoms with Gasteiger partial charge in [0.05, 0.1) is 21.2 Å². The van der Waals surface area contributed by atoms with Crippen LogP contribution >= 0.6 is 35.3 Å². The van der Waals surface area contributed by atoms with E-state index in [0.29, 0.717) is 5.56 Å². The highest BCUT2D eigenvalue weighted by molar-refractivity contribution is 8.26. The van der Waals surface area contributed by atoms with Gasteiger partial charge in [-0.05, 0) is 18.2 Å². The van der Waals surface area contributed by atoms with E-state index in [2.05, 4.69) is 10.1 Å². The molecule has 1 fully saturated rings. The van der Waals surface area contributed by atoms with Crippen LogP contribution in [0, 0.1) is 10.1 Å². The van der Waals surface area contributed by atoms with Gasteiger partial charge in [0.15, 0.2) is 0 Å². The molecule has 1 saturated heterocycles. The zero-order valence-corrected chi connectivity index (χ0v) is 18.2. The number of hydrogen-bond acceptors (Lipinski definition) is 9. The molecule has 1 aromatic carbocycles. The molecule has 33 heavy (non-hydrogen) atoms. The van der Waals surface area contributed by atoms with Crippen LogP contribution in [0.25, 0.3) is 22.3 Å². The second-order valence-electron chi connectivity index (χ2n) is 6.41. The number of nitro groups is 1. The molecule has 0 atom stereocenters. The molecule has 1 aliphatic heterocycles. The van der Waals surface area contributed by atoms with Crippen molar-refractivity contribution in [2.45, 2.75) is 6.18 Å². The molecule has 1 aliphatic rings. The van der Waals surface area contributed by atoms with Gasteiger partial charge in [-0.25, -0.2) is 9.50 Å². The standard InChI is InChI=1S/C17H8F3N5O5S3/c18-17(19,20)14-22-24-9(5-10-13(28)23(6-11(26)27)16(31)32-10)12(21-15(24)33-14)7-1-3-8(4-2-7)25(29)30/h1-5H,6H2,(H,26,27)/b10-5-. The van der Waals surface area contributed by atoms with Crippen LogP contribution in [0.3, 0.4) is 0 Å². The minimum atomic E-state index is -4.72. The molecule has 0 aliphatic carbocycles. The predicted octanol–water partition coefficient (Wildman–Crippen LogP) is 3.67. The smallest absolute Gasteiger partial charge is 0.445 e. The van der Waals surface area contributed by atoms with Crippen molar-refractivity contribution in [3.8, 4) is 11.3 Å². The van der Waals surface area contributed by atoms with E-state index in [9.17, 15) is 32.9 Å². The third-order valence-corrected chi connectivity index (χ3v) is 6.60. The summed E-state index contributed by atoms with van der Waals surface area (Å²) in [4.78, 5) is 38.8. The number of nitrogens with zero attached hydrogens (tertiary/aromatic N) is 5. The third kappa shape index (κ3) is 4.31. The lowest BCUT2D eigenvalue weighted by Crippen LogP contribution is -2.33. The highest BCUT2D eigenvalue weighted by Crippen LogP contribution is 2.38. The van der Waals surface area contributed by atoms with Crippen molar-refractivity contribution in [2.24, 2.45) is 0 Å². The molecule has 0 saturated carbocycles. The Morgan fingerprint density at radius 1 is 1.30 bits per heavy atom. The van der Waals surface area contributed by atoms with Crippen molar-refractivity contribution in [2.75, 3.05) is 6.54 Å². The zero-order chi connectivity index (χ0) is 24.1. The summed E-state index contributed by atoms with van der Waals surface area (Å²) >= 11 is 6.10. The van der Waals surface area contributed by atoms with E-state index >= 15 is 0 Å². The summed E-state index contributed by atoms with van der Waals surface area (Å²) in [6.07, 6.45) is -3.50. The molecule has 4 rings (SSSR count). The first kappa shape index (κ1) is 22.8. The molecule has 0 unspecified atom stereocenters. The number of rotatable bonds is 5. The van der Waals surface area contributed by atoms with Gasteiger partial charge in [-0.3, -0.25) is 24.6 Å². The van der Waals surface area contributed by atoms with E-state index < -0.39 is 34.5 Å². The second kappa shape index (κ2) is 8.20. The first-order valence-corrected chi connectivity index (χ1v) is 10.7. The average molecular weight is 515 g/mol. The highest BCUT2D eigenvalue weighted by Gasteiger charge is 2.37. The molecule has 16 heteroatoms. The molecule has 3 aromatic rings. The van der Waals surface area contributed by atoms with Gasteiger partial charge in [0, 0.05) is 17.7 Å². The van der Waals surface area contributed by atoms with Gasteiger partial charge >= 0.3 is 12.1 Å². The summed E-state index contributed by atoms with van der Waals surface area (Å²) in [6.45, 7) is -0.673. The topological polar surface area (TPSA) is 131 Å². The monoisotopic (exact) mass is 515 g/mol. The Morgan fingerprint density at radius 3 is 2.55 bits per heavy atom. The number of amides is 1. The van der Waals surface area contributed by atoms with Gasteiger partial charge in [-0.2, -0.15) is 13.2 Å². The van der Waals surface area contributed by atoms with Crippen molar-refractivity contribution in [3.05, 3.63) is 50.0 Å². The average Bonchev–Trinajstić information content (AvgIpc) is 3.37. The van der Waals surface area contributed by atoms with Gasteiger partial charge in [-0.15, -0.1) is 5.10 Å². The van der Waals surface area contributed by atoms with Crippen LogP contribution in [0.15, 0.2) is 29.2 Å². The van der Waals surface area contributed by atoms with E-state index in [0.717, 1.165) is 21.2 Å². The summed E-state index contributed by atoms with van der Waals surface area (Å²) in [5.74, 6) is -2.02. The zero-order valence-electron chi connectivity index (χ0n) is 15.8. The van der Waals surface area contributed by atoms with Gasteiger partial charge in [0.1, 0.15) is 10.9 Å². The SMILES string of the molecule is O=C(O)CN1C(=O)/C(=C/c2c(-c3ccc([N+](=O)[O-])cc3)nc3sc(C(F)(F)F)nn23)SC1=S. The molecule has 1 N–H and O–H groups in total. The first-order chi connectivity index (χ1) is 15.5. The minimum Gasteiger partial charge on any atom is -0.480 e. The number of aliphatic carboxylic acids is 1. The Morgan fingerprint density at radius 2 is 1.97 bits per heavy atom. The molecule has 3 heterocycles. The maximum Gasteiger partial charge on any atom is 0.445 e. The number of non-ortho nitro benzene ring substituents is 1. The number of aromatic nitrogens is 3. The van der Waals surface area contributed by atoms with Crippen molar-refractivity contribution in [1.82, 2.24) is 19.5 Å². The lowest BCUT2D eigenvalue weighted by Gasteiger charge is -2.10. The normalized spacial score (nSPS) is 15.7. The third-order valence-electron chi connectivity index (χ3n) is 4.27. The molecule has 10 nitrogen and oxygen atoms in total. The number of carboxylic acids is 1. The van der Waals surface area contributed by atoms with Crippen molar-refractivity contribution in [3.63, 3.8) is 0 Å². The number of nitro benzene ring substituents is 1. The number of carboxylic acid groups (broad SMARTS) is 1. The number of benzene rings is 1. The van der Waals surface area contributed by atoms with Crippen LogP contribution in [-0.4, -0.2) is 52.3 Å². The van der Waals surface area contributed by atoms with Gasteiger partial charge in [-0.1, -0.05) is 35.3 Å². The van der Waals surface area contributed by atoms with E-state index in [1.807, 2.05) is 0 Å². The first-order valence-electron chi connectivity index (χ1n) is 8.64. The quantitative estimate of drug-likeness (QED) is 0.234. The molecule has 0 spiro atoms. The predicted molar refractivity (Wildman–Crippen MR) is 115 cm³/mol. The largest absolute Gasteiger partial charge is 0.480 e. The lowest BCUT2D eigenvalue weighted by atomic mass is 10.1. The fraction of sp³-hybridized carbons (Fsp3) is 0.118. The number of carbonyl (C=O) groups is 2. The number of alkyl halides is 3. The van der Waals surface area contributed by atoms with Gasteiger partial charge in [0.2, 0.25) is 9.97 Å². The van der Waals surface area contributed by atoms with Crippen LogP contribution in [0.2, 0.25) is 0 Å². The Labute approximate surface area is 194 Å². The Bertz CT molecular complexity index is 1360. The van der Waals surface area contributed by atoms with Crippen LogP contribution in [-0.2, 0) is 15.8 Å². The summed E-state index contributed by atoms with van der Waals surface area (Å²) in [7, 11) is 0. The number of fused-ring (bicyclic) bond motifs is 1. The van der Waals surface area contributed by atoms with Crippen LogP contribution < -0.4 is 0 Å². The van der Waals surface area contributed by atoms with Crippen molar-refractivity contribution >= 4 is 68.2 Å². The summed E-state index contributed by atoms with van der Waals surface area (Å²) < 4.78 is 40.4. The molecule has 0 bridgehead atoms. The maximum atomic E-state index is 13.2. The summed E-state index contributed by atoms with van der Waals surface area (Å²) in [5, 5.41) is 22.3. The number of halogens is 3. The van der Waals surface area contributed by atoms with E-state index in [1.54, 1.807) is 0 Å². The minimum absolute atomic E-state index is 0.00132. The summed E-state index contributed by atoms with van der Waals surface area (Å²) in [5.41, 5.74) is 0.259. The number of thiocarbonyl (C=S) groups is 1. The van der Waals surface area contributed by atoms with E-state index in [-0.39, 0.29) is 42.6 Å². The molecule has 2 aromatic heterocycles. The maximum absolute atomic E-state index is 13.2. The van der Waals surface area contributed by atoms with Gasteiger partial charge < -0.3 is 5.11 Å².